The quantitative estimate of drug-likeness (QED) is 0.532. The maximum Gasteiger partial charge on any atom is 0.0719 e. The Labute approximate surface area is 72.3 Å². The Kier molecular flexibility index (Phi) is 3.34. The van der Waals surface area contributed by atoms with Gasteiger partial charge in [-0.2, -0.15) is 0 Å². The summed E-state index contributed by atoms with van der Waals surface area (Å²) in [5, 5.41) is 0. The molecule has 2 N–H and O–H groups in total. The number of benzene rings is 1. The first-order valence-corrected chi connectivity index (χ1v) is 3.74. The summed E-state index contributed by atoms with van der Waals surface area (Å²) in [7, 11) is 0. The molecule has 62 valence electrons. The maximum atomic E-state index is 5.24. The maximum absolute atomic E-state index is 5.24. The third kappa shape index (κ3) is 2.39. The summed E-state index contributed by atoms with van der Waals surface area (Å²) in [4.78, 5) is 4.47. The van der Waals surface area contributed by atoms with E-state index in [4.69, 9.17) is 12.3 Å². The van der Waals surface area contributed by atoms with Crippen LogP contribution in [0.4, 0.5) is 0 Å². The highest BCUT2D eigenvalue weighted by Crippen LogP contribution is 2.04. The van der Waals surface area contributed by atoms with Crippen LogP contribution >= 0.6 is 0 Å². The van der Waals surface area contributed by atoms with E-state index in [9.17, 15) is 0 Å². The molecule has 0 aliphatic rings. The second kappa shape index (κ2) is 4.55. The van der Waals surface area contributed by atoms with Crippen LogP contribution in [0.1, 0.15) is 11.1 Å². The average Bonchev–Trinajstić information content (AvgIpc) is 2.15. The molecule has 0 saturated heterocycles. The van der Waals surface area contributed by atoms with Gasteiger partial charge < -0.3 is 4.84 Å². The van der Waals surface area contributed by atoms with E-state index in [1.807, 2.05) is 24.3 Å². The highest BCUT2D eigenvalue weighted by molar-refractivity contribution is 5.35. The van der Waals surface area contributed by atoms with Crippen molar-refractivity contribution >= 4 is 0 Å². The van der Waals surface area contributed by atoms with Crippen molar-refractivity contribution in [1.82, 2.24) is 0 Å². The van der Waals surface area contributed by atoms with Crippen LogP contribution in [0, 0.1) is 12.3 Å². The molecular formula is C10H11NO. The molecule has 0 aliphatic heterocycles. The summed E-state index contributed by atoms with van der Waals surface area (Å²) in [5.41, 5.74) is 2.04. The molecule has 0 fully saturated rings. The lowest BCUT2D eigenvalue weighted by Crippen LogP contribution is -2.03. The fourth-order valence-corrected chi connectivity index (χ4v) is 0.993. The van der Waals surface area contributed by atoms with Crippen LogP contribution in [-0.2, 0) is 11.3 Å². The van der Waals surface area contributed by atoms with Crippen LogP contribution in [0.3, 0.4) is 0 Å². The summed E-state index contributed by atoms with van der Waals surface area (Å²) >= 11 is 0. The summed E-state index contributed by atoms with van der Waals surface area (Å²) in [6, 6.07) is 7.78. The van der Waals surface area contributed by atoms with Crippen LogP contribution in [0.5, 0.6) is 0 Å². The van der Waals surface area contributed by atoms with Gasteiger partial charge in [0.25, 0.3) is 0 Å². The first-order valence-electron chi connectivity index (χ1n) is 3.74. The van der Waals surface area contributed by atoms with E-state index >= 15 is 0 Å². The standard InChI is InChI=1S/C10H11NO/c1-2-9-4-3-5-10(8-9)6-7-12-11/h1,3-5,8H,6-7,11H2. The van der Waals surface area contributed by atoms with Gasteiger partial charge in [-0.15, -0.1) is 6.42 Å². The molecule has 2 nitrogen and oxygen atoms in total. The van der Waals surface area contributed by atoms with Gasteiger partial charge in [0.15, 0.2) is 0 Å². The second-order valence-corrected chi connectivity index (χ2v) is 2.47. The van der Waals surface area contributed by atoms with Crippen molar-refractivity contribution in [2.75, 3.05) is 6.61 Å². The molecule has 0 aliphatic carbocycles. The number of hydrogen-bond acceptors (Lipinski definition) is 2. The third-order valence-corrected chi connectivity index (χ3v) is 1.60. The number of hydrogen-bond donors (Lipinski definition) is 1. The van der Waals surface area contributed by atoms with Crippen molar-refractivity contribution < 1.29 is 4.84 Å². The van der Waals surface area contributed by atoms with Crippen LogP contribution in [0.2, 0.25) is 0 Å². The fraction of sp³-hybridized carbons (Fsp3) is 0.200. The highest BCUT2D eigenvalue weighted by Gasteiger charge is 1.92. The molecule has 0 unspecified atom stereocenters. The van der Waals surface area contributed by atoms with Gasteiger partial charge in [-0.3, -0.25) is 0 Å². The van der Waals surface area contributed by atoms with Crippen molar-refractivity contribution in [2.45, 2.75) is 6.42 Å². The topological polar surface area (TPSA) is 35.2 Å². The van der Waals surface area contributed by atoms with Crippen LogP contribution in [0.15, 0.2) is 24.3 Å². The second-order valence-electron chi connectivity index (χ2n) is 2.47. The summed E-state index contributed by atoms with van der Waals surface area (Å²) in [6.45, 7) is 0.522. The Morgan fingerprint density at radius 3 is 3.00 bits per heavy atom. The SMILES string of the molecule is C#Cc1cccc(CCON)c1. The molecule has 0 aromatic heterocycles. The largest absolute Gasteiger partial charge is 0.304 e. The van der Waals surface area contributed by atoms with Crippen LogP contribution in [0.25, 0.3) is 0 Å². The van der Waals surface area contributed by atoms with Crippen LogP contribution in [-0.4, -0.2) is 6.61 Å². The summed E-state index contributed by atoms with van der Waals surface area (Å²) in [6.07, 6.45) is 6.04. The van der Waals surface area contributed by atoms with Crippen LogP contribution < -0.4 is 5.90 Å². The number of terminal acetylenes is 1. The Hall–Kier alpha value is -1.30. The normalized spacial score (nSPS) is 9.33. The predicted octanol–water partition coefficient (Wildman–Crippen LogP) is 1.10. The lowest BCUT2D eigenvalue weighted by molar-refractivity contribution is 0.141. The third-order valence-electron chi connectivity index (χ3n) is 1.60. The van der Waals surface area contributed by atoms with E-state index in [0.29, 0.717) is 6.61 Å². The summed E-state index contributed by atoms with van der Waals surface area (Å²) < 4.78 is 0. The Bertz CT molecular complexity index is 288. The van der Waals surface area contributed by atoms with Crippen molar-refractivity contribution in [1.29, 1.82) is 0 Å². The predicted molar refractivity (Wildman–Crippen MR) is 48.2 cm³/mol. The van der Waals surface area contributed by atoms with E-state index in [-0.39, 0.29) is 0 Å². The van der Waals surface area contributed by atoms with E-state index in [1.54, 1.807) is 0 Å². The molecule has 0 saturated carbocycles. The van der Waals surface area contributed by atoms with Crippen molar-refractivity contribution in [3.05, 3.63) is 35.4 Å². The van der Waals surface area contributed by atoms with Crippen molar-refractivity contribution in [2.24, 2.45) is 5.90 Å². The Morgan fingerprint density at radius 1 is 1.50 bits per heavy atom. The first-order chi connectivity index (χ1) is 5.86. The van der Waals surface area contributed by atoms with E-state index in [0.717, 1.165) is 17.5 Å². The van der Waals surface area contributed by atoms with E-state index < -0.39 is 0 Å². The molecule has 0 spiro atoms. The molecular weight excluding hydrogens is 150 g/mol. The van der Waals surface area contributed by atoms with Gasteiger partial charge in [-0.25, -0.2) is 5.90 Å². The minimum Gasteiger partial charge on any atom is -0.304 e. The number of rotatable bonds is 3. The molecule has 1 aromatic carbocycles. The fourth-order valence-electron chi connectivity index (χ4n) is 0.993. The monoisotopic (exact) mass is 161 g/mol. The zero-order chi connectivity index (χ0) is 8.81. The van der Waals surface area contributed by atoms with Crippen molar-refractivity contribution in [3.63, 3.8) is 0 Å². The number of nitrogens with two attached hydrogens (primary N) is 1. The van der Waals surface area contributed by atoms with Gasteiger partial charge in [-0.1, -0.05) is 18.1 Å². The van der Waals surface area contributed by atoms with E-state index in [2.05, 4.69) is 10.8 Å². The molecule has 1 rings (SSSR count). The van der Waals surface area contributed by atoms with Gasteiger partial charge in [0.05, 0.1) is 6.61 Å². The molecule has 0 radical (unpaired) electrons. The van der Waals surface area contributed by atoms with Gasteiger partial charge >= 0.3 is 0 Å². The van der Waals surface area contributed by atoms with Crippen molar-refractivity contribution in [3.8, 4) is 12.3 Å². The first kappa shape index (κ1) is 8.79. The molecule has 0 amide bonds. The summed E-state index contributed by atoms with van der Waals surface area (Å²) in [5.74, 6) is 7.48. The molecule has 12 heavy (non-hydrogen) atoms. The van der Waals surface area contributed by atoms with E-state index in [1.165, 1.54) is 0 Å². The molecule has 0 bridgehead atoms. The highest BCUT2D eigenvalue weighted by atomic mass is 16.6. The average molecular weight is 161 g/mol. The van der Waals surface area contributed by atoms with Gasteiger partial charge in [0.2, 0.25) is 0 Å². The molecule has 0 atom stereocenters. The lowest BCUT2D eigenvalue weighted by Gasteiger charge is -1.99. The van der Waals surface area contributed by atoms with Gasteiger partial charge in [0.1, 0.15) is 0 Å². The zero-order valence-electron chi connectivity index (χ0n) is 6.79. The Balaban J connectivity index is 2.68. The smallest absolute Gasteiger partial charge is 0.0719 e. The molecule has 1 aromatic rings. The van der Waals surface area contributed by atoms with Gasteiger partial charge in [0, 0.05) is 5.56 Å². The molecule has 2 heteroatoms. The Morgan fingerprint density at radius 2 is 2.33 bits per heavy atom. The minimum atomic E-state index is 0.522. The minimum absolute atomic E-state index is 0.522. The zero-order valence-corrected chi connectivity index (χ0v) is 6.79. The van der Waals surface area contributed by atoms with Gasteiger partial charge in [-0.05, 0) is 24.1 Å². The molecule has 0 heterocycles. The lowest BCUT2D eigenvalue weighted by atomic mass is 10.1.